The molecule has 2 fully saturated rings. The molecule has 164 valence electrons. The van der Waals surface area contributed by atoms with Crippen molar-refractivity contribution in [2.24, 2.45) is 0 Å². The van der Waals surface area contributed by atoms with Gasteiger partial charge >= 0.3 is 0 Å². The van der Waals surface area contributed by atoms with Gasteiger partial charge in [0.05, 0.1) is 11.1 Å². The Balaban J connectivity index is 1.23. The maximum atomic E-state index is 13.5. The standard InChI is InChI=1S/C25H31ClN4O/c26-20-9-7-19(8-10-20)25(13-3-4-14-25)24(31)27-21-11-15-30(16-12-21)23-17-18-5-1-2-6-22(18)28-29-23/h7-10,17,21H,1-6,11-16H2,(H,27,31). The van der Waals surface area contributed by atoms with E-state index in [2.05, 4.69) is 26.5 Å². The molecule has 1 aliphatic heterocycles. The highest BCUT2D eigenvalue weighted by Crippen LogP contribution is 2.42. The Morgan fingerprint density at radius 1 is 1.00 bits per heavy atom. The molecular formula is C25H31ClN4O. The van der Waals surface area contributed by atoms with Crippen molar-refractivity contribution in [2.45, 2.75) is 75.7 Å². The number of fused-ring (bicyclic) bond motifs is 1. The Labute approximate surface area is 189 Å². The second-order valence-electron chi connectivity index (χ2n) is 9.41. The maximum absolute atomic E-state index is 13.5. The molecule has 1 aromatic heterocycles. The van der Waals surface area contributed by atoms with Crippen molar-refractivity contribution in [3.05, 3.63) is 52.2 Å². The van der Waals surface area contributed by atoms with Gasteiger partial charge in [0.15, 0.2) is 5.82 Å². The van der Waals surface area contributed by atoms with Gasteiger partial charge in [-0.25, -0.2) is 0 Å². The molecule has 1 amide bonds. The van der Waals surface area contributed by atoms with Crippen LogP contribution in [0, 0.1) is 0 Å². The van der Waals surface area contributed by atoms with E-state index in [1.165, 1.54) is 24.1 Å². The van der Waals surface area contributed by atoms with Crippen LogP contribution in [-0.2, 0) is 23.1 Å². The van der Waals surface area contributed by atoms with E-state index in [9.17, 15) is 4.79 Å². The van der Waals surface area contributed by atoms with Crippen molar-refractivity contribution in [3.8, 4) is 0 Å². The van der Waals surface area contributed by atoms with Gasteiger partial charge in [-0.05, 0) is 80.7 Å². The fourth-order valence-corrected chi connectivity index (χ4v) is 5.73. The quantitative estimate of drug-likeness (QED) is 0.757. The molecule has 2 aliphatic carbocycles. The van der Waals surface area contributed by atoms with E-state index in [0.29, 0.717) is 0 Å². The molecule has 5 rings (SSSR count). The van der Waals surface area contributed by atoms with Crippen LogP contribution < -0.4 is 10.2 Å². The topological polar surface area (TPSA) is 58.1 Å². The summed E-state index contributed by atoms with van der Waals surface area (Å²) in [6.07, 6.45) is 10.6. The lowest BCUT2D eigenvalue weighted by molar-refractivity contribution is -0.127. The molecule has 0 atom stereocenters. The first kappa shape index (κ1) is 20.7. The number of nitrogens with zero attached hydrogens (tertiary/aromatic N) is 3. The molecule has 0 unspecified atom stereocenters. The number of carbonyl (C=O) groups excluding carboxylic acids is 1. The zero-order chi connectivity index (χ0) is 21.3. The largest absolute Gasteiger partial charge is 0.355 e. The van der Waals surface area contributed by atoms with Crippen LogP contribution in [0.3, 0.4) is 0 Å². The Morgan fingerprint density at radius 3 is 2.45 bits per heavy atom. The zero-order valence-corrected chi connectivity index (χ0v) is 18.8. The predicted octanol–water partition coefficient (Wildman–Crippen LogP) is 4.61. The average Bonchev–Trinajstić information content (AvgIpc) is 3.31. The number of benzene rings is 1. The number of hydrogen-bond donors (Lipinski definition) is 1. The lowest BCUT2D eigenvalue weighted by Crippen LogP contribution is -2.50. The number of rotatable bonds is 4. The second-order valence-corrected chi connectivity index (χ2v) is 9.85. The van der Waals surface area contributed by atoms with Crippen molar-refractivity contribution in [1.29, 1.82) is 0 Å². The number of anilines is 1. The van der Waals surface area contributed by atoms with Crippen LogP contribution in [0.15, 0.2) is 30.3 Å². The summed E-state index contributed by atoms with van der Waals surface area (Å²) in [5.74, 6) is 1.19. The minimum Gasteiger partial charge on any atom is -0.355 e. The summed E-state index contributed by atoms with van der Waals surface area (Å²) in [5.41, 5.74) is 3.26. The number of carbonyl (C=O) groups is 1. The Morgan fingerprint density at radius 2 is 1.71 bits per heavy atom. The van der Waals surface area contributed by atoms with E-state index in [-0.39, 0.29) is 11.9 Å². The molecule has 1 saturated carbocycles. The minimum atomic E-state index is -0.397. The molecule has 1 aromatic carbocycles. The lowest BCUT2D eigenvalue weighted by atomic mass is 9.77. The fraction of sp³-hybridized carbons (Fsp3) is 0.560. The summed E-state index contributed by atoms with van der Waals surface area (Å²) in [5, 5.41) is 13.1. The van der Waals surface area contributed by atoms with Gasteiger partial charge in [0.1, 0.15) is 0 Å². The van der Waals surface area contributed by atoms with Crippen LogP contribution >= 0.6 is 11.6 Å². The molecule has 0 radical (unpaired) electrons. The normalized spacial score (nSPS) is 21.0. The monoisotopic (exact) mass is 438 g/mol. The minimum absolute atomic E-state index is 0.194. The molecule has 6 heteroatoms. The second kappa shape index (κ2) is 8.78. The predicted molar refractivity (Wildman–Crippen MR) is 124 cm³/mol. The van der Waals surface area contributed by atoms with E-state index in [1.54, 1.807) is 0 Å². The average molecular weight is 439 g/mol. The Hall–Kier alpha value is -2.14. The molecule has 0 spiro atoms. The SMILES string of the molecule is O=C(NC1CCN(c2cc3c(nn2)CCCC3)CC1)C1(c2ccc(Cl)cc2)CCCC1. The van der Waals surface area contributed by atoms with Gasteiger partial charge in [0.25, 0.3) is 0 Å². The number of hydrogen-bond acceptors (Lipinski definition) is 4. The number of nitrogens with one attached hydrogen (secondary N) is 1. The zero-order valence-electron chi connectivity index (χ0n) is 18.1. The summed E-state index contributed by atoms with van der Waals surface area (Å²) in [6.45, 7) is 1.82. The van der Waals surface area contributed by atoms with Gasteiger partial charge in [0, 0.05) is 24.2 Å². The maximum Gasteiger partial charge on any atom is 0.230 e. The van der Waals surface area contributed by atoms with E-state index in [0.717, 1.165) is 80.9 Å². The van der Waals surface area contributed by atoms with Crippen LogP contribution in [0.1, 0.15) is 68.2 Å². The molecule has 3 aliphatic rings. The van der Waals surface area contributed by atoms with Gasteiger partial charge in [-0.1, -0.05) is 36.6 Å². The summed E-state index contributed by atoms with van der Waals surface area (Å²) >= 11 is 6.09. The molecule has 2 aromatic rings. The van der Waals surface area contributed by atoms with Gasteiger partial charge in [-0.15, -0.1) is 5.10 Å². The molecule has 0 bridgehead atoms. The van der Waals surface area contributed by atoms with Gasteiger partial charge in [0.2, 0.25) is 5.91 Å². The third-order valence-electron chi connectivity index (χ3n) is 7.50. The molecule has 2 heterocycles. The van der Waals surface area contributed by atoms with Crippen molar-refractivity contribution in [2.75, 3.05) is 18.0 Å². The molecule has 1 saturated heterocycles. The van der Waals surface area contributed by atoms with Crippen LogP contribution in [0.5, 0.6) is 0 Å². The van der Waals surface area contributed by atoms with Crippen molar-refractivity contribution < 1.29 is 4.79 Å². The van der Waals surface area contributed by atoms with Crippen LogP contribution in [0.25, 0.3) is 0 Å². The van der Waals surface area contributed by atoms with E-state index in [1.807, 2.05) is 24.3 Å². The van der Waals surface area contributed by atoms with Gasteiger partial charge in [-0.3, -0.25) is 4.79 Å². The summed E-state index contributed by atoms with van der Waals surface area (Å²) < 4.78 is 0. The van der Waals surface area contributed by atoms with Crippen molar-refractivity contribution in [3.63, 3.8) is 0 Å². The van der Waals surface area contributed by atoms with Crippen LogP contribution in [0.4, 0.5) is 5.82 Å². The third-order valence-corrected chi connectivity index (χ3v) is 7.75. The van der Waals surface area contributed by atoms with Crippen LogP contribution in [-0.4, -0.2) is 35.2 Å². The van der Waals surface area contributed by atoms with E-state index < -0.39 is 5.41 Å². The van der Waals surface area contributed by atoms with Crippen molar-refractivity contribution in [1.82, 2.24) is 15.5 Å². The number of halogens is 1. The fourth-order valence-electron chi connectivity index (χ4n) is 5.60. The molecule has 1 N–H and O–H groups in total. The number of aromatic nitrogens is 2. The first-order valence-electron chi connectivity index (χ1n) is 11.8. The lowest BCUT2D eigenvalue weighted by Gasteiger charge is -2.36. The first-order valence-corrected chi connectivity index (χ1v) is 12.2. The van der Waals surface area contributed by atoms with Crippen molar-refractivity contribution >= 4 is 23.3 Å². The molecular weight excluding hydrogens is 408 g/mol. The Bertz CT molecular complexity index is 931. The van der Waals surface area contributed by atoms with E-state index in [4.69, 9.17) is 11.6 Å². The smallest absolute Gasteiger partial charge is 0.230 e. The molecule has 31 heavy (non-hydrogen) atoms. The van der Waals surface area contributed by atoms with E-state index >= 15 is 0 Å². The van der Waals surface area contributed by atoms with Gasteiger partial charge in [-0.2, -0.15) is 5.10 Å². The summed E-state index contributed by atoms with van der Waals surface area (Å²) in [7, 11) is 0. The first-order chi connectivity index (χ1) is 15.1. The summed E-state index contributed by atoms with van der Waals surface area (Å²) in [6, 6.07) is 10.3. The third kappa shape index (κ3) is 4.17. The van der Waals surface area contributed by atoms with Crippen LogP contribution in [0.2, 0.25) is 5.02 Å². The molecule has 5 nitrogen and oxygen atoms in total. The number of amides is 1. The highest BCUT2D eigenvalue weighted by Gasteiger charge is 2.43. The highest BCUT2D eigenvalue weighted by atomic mass is 35.5. The number of piperidine rings is 1. The summed E-state index contributed by atoms with van der Waals surface area (Å²) in [4.78, 5) is 15.8. The van der Waals surface area contributed by atoms with Gasteiger partial charge < -0.3 is 10.2 Å². The number of aryl methyl sites for hydroxylation is 2. The Kier molecular flexibility index (Phi) is 5.87. The highest BCUT2D eigenvalue weighted by molar-refractivity contribution is 6.30.